The number of para-hydroxylation sites is 1. The lowest BCUT2D eigenvalue weighted by atomic mass is 9.76. The molecule has 2 heterocycles. The fraction of sp³-hybridized carbons (Fsp3) is 0.172. The minimum atomic E-state index is -0.312. The van der Waals surface area contributed by atoms with Crippen LogP contribution in [0.5, 0.6) is 0 Å². The van der Waals surface area contributed by atoms with Gasteiger partial charge in [0.1, 0.15) is 12.8 Å². The topological polar surface area (TPSA) is 45.2 Å². The van der Waals surface area contributed by atoms with Crippen LogP contribution >= 0.6 is 0 Å². The molecule has 0 unspecified atom stereocenters. The van der Waals surface area contributed by atoms with Crippen LogP contribution in [0.4, 0.5) is 5.69 Å². The quantitative estimate of drug-likeness (QED) is 0.320. The summed E-state index contributed by atoms with van der Waals surface area (Å²) >= 11 is 0. The fourth-order valence-electron chi connectivity index (χ4n) is 5.63. The number of Topliss-reactive ketones (excluding diaryl/α,β-unsaturated/α-hetero) is 1. The predicted molar refractivity (Wildman–Crippen MR) is 133 cm³/mol. The first kappa shape index (κ1) is 19.7. The van der Waals surface area contributed by atoms with Gasteiger partial charge < -0.3 is 9.67 Å². The van der Waals surface area contributed by atoms with E-state index in [4.69, 9.17) is 0 Å². The number of carbonyl (C=O) groups excluding carboxylic acids is 1. The molecule has 0 saturated carbocycles. The van der Waals surface area contributed by atoms with Crippen molar-refractivity contribution in [2.75, 3.05) is 7.05 Å². The number of ketones is 1. The zero-order valence-corrected chi connectivity index (χ0v) is 19.2. The third kappa shape index (κ3) is 2.52. The van der Waals surface area contributed by atoms with Gasteiger partial charge in [-0.05, 0) is 36.8 Å². The lowest BCUT2D eigenvalue weighted by Gasteiger charge is -2.23. The van der Waals surface area contributed by atoms with Crippen LogP contribution in [0, 0.1) is 0 Å². The van der Waals surface area contributed by atoms with Crippen molar-refractivity contribution in [3.05, 3.63) is 95.4 Å². The van der Waals surface area contributed by atoms with E-state index in [2.05, 4.69) is 54.8 Å². The molecule has 4 aromatic rings. The number of nitrogens with zero attached hydrogens (tertiary/aromatic N) is 2. The molecule has 0 bridgehead atoms. The second kappa shape index (κ2) is 6.55. The molecule has 162 valence electrons. The maximum absolute atomic E-state index is 13.3. The summed E-state index contributed by atoms with van der Waals surface area (Å²) in [6.07, 6.45) is 3.80. The normalized spacial score (nSPS) is 18.5. The second-order valence-electron chi connectivity index (χ2n) is 9.53. The van der Waals surface area contributed by atoms with E-state index in [-0.39, 0.29) is 17.0 Å². The van der Waals surface area contributed by atoms with Crippen LogP contribution in [0.2, 0.25) is 0 Å². The number of carbonyl (C=O) groups is 1. The van der Waals surface area contributed by atoms with Crippen LogP contribution in [-0.2, 0) is 17.3 Å². The molecule has 0 amide bonds. The molecule has 33 heavy (non-hydrogen) atoms. The summed E-state index contributed by atoms with van der Waals surface area (Å²) < 4.78 is 4.13. The van der Waals surface area contributed by atoms with Crippen molar-refractivity contribution in [1.82, 2.24) is 4.57 Å². The summed E-state index contributed by atoms with van der Waals surface area (Å²) in [5, 5.41) is 14.4. The molecular weight excluding hydrogens is 408 g/mol. The van der Waals surface area contributed by atoms with Crippen LogP contribution in [0.1, 0.15) is 25.0 Å². The third-order valence-electron chi connectivity index (χ3n) is 7.31. The number of aliphatic hydroxyl groups is 1. The number of hydrogen-bond acceptors (Lipinski definition) is 2. The minimum absolute atomic E-state index is 0.0777. The van der Waals surface area contributed by atoms with Gasteiger partial charge in [0.25, 0.3) is 0 Å². The number of allylic oxidation sites excluding steroid dienone is 3. The van der Waals surface area contributed by atoms with Crippen molar-refractivity contribution < 1.29 is 14.5 Å². The highest BCUT2D eigenvalue weighted by molar-refractivity contribution is 6.41. The molecular formula is C29H25N2O2+. The predicted octanol–water partition coefficient (Wildman–Crippen LogP) is 5.82. The molecule has 0 radical (unpaired) electrons. The van der Waals surface area contributed by atoms with E-state index in [0.29, 0.717) is 11.1 Å². The van der Waals surface area contributed by atoms with Gasteiger partial charge in [-0.25, -0.2) is 0 Å². The van der Waals surface area contributed by atoms with E-state index >= 15 is 0 Å². The highest BCUT2D eigenvalue weighted by Crippen LogP contribution is 2.45. The Morgan fingerprint density at radius 1 is 0.970 bits per heavy atom. The van der Waals surface area contributed by atoms with Crippen LogP contribution in [0.15, 0.2) is 84.3 Å². The van der Waals surface area contributed by atoms with Crippen molar-refractivity contribution in [2.24, 2.45) is 7.05 Å². The van der Waals surface area contributed by atoms with Gasteiger partial charge in [-0.3, -0.25) is 4.79 Å². The lowest BCUT2D eigenvalue weighted by Crippen LogP contribution is -2.30. The molecule has 6 rings (SSSR count). The molecule has 0 fully saturated rings. The van der Waals surface area contributed by atoms with E-state index in [1.807, 2.05) is 55.2 Å². The van der Waals surface area contributed by atoms with Gasteiger partial charge >= 0.3 is 0 Å². The first-order chi connectivity index (χ1) is 15.8. The number of benzene rings is 3. The molecule has 1 aromatic heterocycles. The van der Waals surface area contributed by atoms with Crippen molar-refractivity contribution in [2.45, 2.75) is 19.3 Å². The van der Waals surface area contributed by atoms with Crippen molar-refractivity contribution in [1.29, 1.82) is 0 Å². The minimum Gasteiger partial charge on any atom is -0.506 e. The molecule has 3 aromatic carbocycles. The van der Waals surface area contributed by atoms with Crippen molar-refractivity contribution in [3.8, 4) is 0 Å². The molecule has 1 aliphatic carbocycles. The van der Waals surface area contributed by atoms with Gasteiger partial charge in [-0.1, -0.05) is 42.5 Å². The highest BCUT2D eigenvalue weighted by atomic mass is 16.3. The summed E-state index contributed by atoms with van der Waals surface area (Å²) in [4.78, 5) is 13.3. The zero-order valence-electron chi connectivity index (χ0n) is 19.2. The number of aliphatic hydroxyl groups excluding tert-OH is 1. The average molecular weight is 434 g/mol. The second-order valence-corrected chi connectivity index (χ2v) is 9.53. The highest BCUT2D eigenvalue weighted by Gasteiger charge is 2.46. The molecule has 0 spiro atoms. The smallest absolute Gasteiger partial charge is 0.210 e. The first-order valence-electron chi connectivity index (χ1n) is 11.2. The van der Waals surface area contributed by atoms with Crippen LogP contribution in [0.3, 0.4) is 0 Å². The van der Waals surface area contributed by atoms with Crippen LogP contribution < -0.4 is 0 Å². The zero-order chi connectivity index (χ0) is 23.1. The Balaban J connectivity index is 1.49. The Hall–Kier alpha value is -3.92. The van der Waals surface area contributed by atoms with Gasteiger partial charge in [0.05, 0.1) is 16.6 Å². The average Bonchev–Trinajstić information content (AvgIpc) is 3.23. The lowest BCUT2D eigenvalue weighted by molar-refractivity contribution is -0.401. The van der Waals surface area contributed by atoms with Gasteiger partial charge in [-0.15, -0.1) is 0 Å². The number of aryl methyl sites for hydroxylation is 1. The van der Waals surface area contributed by atoms with Crippen LogP contribution in [-0.4, -0.2) is 32.8 Å². The molecule has 1 aliphatic heterocycles. The van der Waals surface area contributed by atoms with E-state index < -0.39 is 0 Å². The third-order valence-corrected chi connectivity index (χ3v) is 7.31. The number of rotatable bonds is 2. The largest absolute Gasteiger partial charge is 0.506 e. The Labute approximate surface area is 192 Å². The molecule has 2 aliphatic rings. The van der Waals surface area contributed by atoms with Crippen molar-refractivity contribution in [3.63, 3.8) is 0 Å². The van der Waals surface area contributed by atoms with Gasteiger partial charge in [0.2, 0.25) is 11.5 Å². The Bertz CT molecular complexity index is 1630. The maximum Gasteiger partial charge on any atom is 0.210 e. The summed E-state index contributed by atoms with van der Waals surface area (Å²) in [5.41, 5.74) is 5.67. The summed E-state index contributed by atoms with van der Waals surface area (Å²) in [5.74, 6) is -0.0322. The van der Waals surface area contributed by atoms with Gasteiger partial charge in [0.15, 0.2) is 5.71 Å². The number of hydrogen-bond donors (Lipinski definition) is 1. The number of aromatic nitrogens is 1. The molecule has 0 atom stereocenters. The standard InChI is InChI=1S/C29H24N2O2/c1-29(2)24(31(4)23-14-13-17-9-5-6-10-18(17)26(23)29)15-20-27(32)25(28(20)33)21-16-30(3)22-12-8-7-11-19(21)22/h5-16H,1-4H3/p+1. The number of fused-ring (bicyclic) bond motifs is 4. The molecule has 4 heteroatoms. The van der Waals surface area contributed by atoms with Gasteiger partial charge in [-0.2, -0.15) is 4.58 Å². The molecule has 0 saturated heterocycles. The Kier molecular flexibility index (Phi) is 3.92. The molecule has 4 nitrogen and oxygen atoms in total. The fourth-order valence-corrected chi connectivity index (χ4v) is 5.63. The summed E-state index contributed by atoms with van der Waals surface area (Å²) in [6, 6.07) is 20.6. The van der Waals surface area contributed by atoms with E-state index in [1.54, 1.807) is 0 Å². The maximum atomic E-state index is 13.3. The SMILES string of the molecule is Cn1cc(C2=C(O)C(=CC3=[N+](C)c4ccc5ccccc5c4C3(C)C)C2=O)c2ccccc21. The Morgan fingerprint density at radius 2 is 1.67 bits per heavy atom. The van der Waals surface area contributed by atoms with E-state index in [9.17, 15) is 9.90 Å². The van der Waals surface area contributed by atoms with E-state index in [0.717, 1.165) is 27.9 Å². The summed E-state index contributed by atoms with van der Waals surface area (Å²) in [6.45, 7) is 4.37. The molecule has 1 N–H and O–H groups in total. The monoisotopic (exact) mass is 433 g/mol. The van der Waals surface area contributed by atoms with Gasteiger partial charge in [0, 0.05) is 47.4 Å². The Morgan fingerprint density at radius 3 is 2.42 bits per heavy atom. The van der Waals surface area contributed by atoms with E-state index in [1.165, 1.54) is 16.3 Å². The first-order valence-corrected chi connectivity index (χ1v) is 11.2. The van der Waals surface area contributed by atoms with Crippen molar-refractivity contribution >= 4 is 44.4 Å². The summed E-state index contributed by atoms with van der Waals surface area (Å²) in [7, 11) is 3.99. The van der Waals surface area contributed by atoms with Crippen LogP contribution in [0.25, 0.3) is 27.2 Å².